The summed E-state index contributed by atoms with van der Waals surface area (Å²) >= 11 is 0. The van der Waals surface area contributed by atoms with Crippen LogP contribution in [0.15, 0.2) is 83.8 Å². The van der Waals surface area contributed by atoms with Crippen LogP contribution in [0.1, 0.15) is 17.0 Å². The van der Waals surface area contributed by atoms with Gasteiger partial charge in [-0.3, -0.25) is 14.7 Å². The number of sulfonamides is 1. The van der Waals surface area contributed by atoms with Crippen molar-refractivity contribution < 1.29 is 22.8 Å². The second kappa shape index (κ2) is 8.20. The summed E-state index contributed by atoms with van der Waals surface area (Å²) in [4.78, 5) is 11.7. The highest BCUT2D eigenvalue weighted by atomic mass is 32.2. The summed E-state index contributed by atoms with van der Waals surface area (Å²) in [6.45, 7) is 0. The normalized spacial score (nSPS) is 12.2. The highest BCUT2D eigenvalue weighted by molar-refractivity contribution is 7.92. The molecule has 0 bridgehead atoms. The van der Waals surface area contributed by atoms with E-state index in [9.17, 15) is 17.6 Å². The molecule has 0 fully saturated rings. The molecule has 3 rings (SSSR count). The molecule has 0 aromatic heterocycles. The summed E-state index contributed by atoms with van der Waals surface area (Å²) in [6, 6.07) is 19.9. The molecule has 28 heavy (non-hydrogen) atoms. The first-order valence-electron chi connectivity index (χ1n) is 8.28. The van der Waals surface area contributed by atoms with Gasteiger partial charge in [0.1, 0.15) is 10.7 Å². The van der Waals surface area contributed by atoms with Crippen LogP contribution in [0.4, 0.5) is 10.1 Å². The number of amides is 1. The van der Waals surface area contributed by atoms with Crippen molar-refractivity contribution in [1.29, 1.82) is 0 Å². The summed E-state index contributed by atoms with van der Waals surface area (Å²) < 4.78 is 41.2. The maximum absolute atomic E-state index is 13.9. The van der Waals surface area contributed by atoms with Crippen molar-refractivity contribution in [3.63, 3.8) is 0 Å². The molecule has 144 valence electrons. The average Bonchev–Trinajstić information content (AvgIpc) is 2.69. The van der Waals surface area contributed by atoms with E-state index in [1.54, 1.807) is 47.9 Å². The predicted octanol–water partition coefficient (Wildman–Crippen LogP) is 3.26. The maximum atomic E-state index is 13.9. The SMILES string of the molecule is O=C(NO)C(c1ccccc1)c1cccc(NS(=O)(=O)c2ccccc2F)c1. The fourth-order valence-electron chi connectivity index (χ4n) is 2.86. The van der Waals surface area contributed by atoms with Crippen LogP contribution in [0.25, 0.3) is 0 Å². The summed E-state index contributed by atoms with van der Waals surface area (Å²) in [5.41, 5.74) is 2.86. The quantitative estimate of drug-likeness (QED) is 0.437. The van der Waals surface area contributed by atoms with Gasteiger partial charge in [0.05, 0.1) is 5.92 Å². The van der Waals surface area contributed by atoms with E-state index in [4.69, 9.17) is 5.21 Å². The van der Waals surface area contributed by atoms with E-state index < -0.39 is 32.6 Å². The Balaban J connectivity index is 1.97. The Bertz CT molecular complexity index is 1090. The lowest BCUT2D eigenvalue weighted by Gasteiger charge is -2.17. The van der Waals surface area contributed by atoms with Crippen LogP contribution in [0.2, 0.25) is 0 Å². The first kappa shape index (κ1) is 19.5. The van der Waals surface area contributed by atoms with Crippen LogP contribution in [-0.2, 0) is 14.8 Å². The van der Waals surface area contributed by atoms with Crippen LogP contribution in [0.3, 0.4) is 0 Å². The second-order valence-electron chi connectivity index (χ2n) is 5.98. The van der Waals surface area contributed by atoms with Crippen LogP contribution in [0, 0.1) is 5.82 Å². The lowest BCUT2D eigenvalue weighted by molar-refractivity contribution is -0.129. The number of anilines is 1. The minimum Gasteiger partial charge on any atom is -0.289 e. The average molecular weight is 400 g/mol. The van der Waals surface area contributed by atoms with E-state index >= 15 is 0 Å². The fourth-order valence-corrected chi connectivity index (χ4v) is 3.99. The minimum absolute atomic E-state index is 0.160. The number of halogens is 1. The van der Waals surface area contributed by atoms with Gasteiger partial charge in [-0.05, 0) is 35.4 Å². The molecule has 0 aliphatic carbocycles. The second-order valence-corrected chi connectivity index (χ2v) is 7.63. The molecule has 6 nitrogen and oxygen atoms in total. The molecular formula is C20H17FN2O4S. The zero-order chi connectivity index (χ0) is 20.1. The third kappa shape index (κ3) is 4.19. The van der Waals surface area contributed by atoms with E-state index in [-0.39, 0.29) is 5.69 Å². The van der Waals surface area contributed by atoms with Crippen molar-refractivity contribution in [3.05, 3.63) is 95.8 Å². The summed E-state index contributed by atoms with van der Waals surface area (Å²) in [5, 5.41) is 9.11. The number of benzene rings is 3. The van der Waals surface area contributed by atoms with E-state index in [0.29, 0.717) is 11.1 Å². The van der Waals surface area contributed by atoms with Gasteiger partial charge >= 0.3 is 0 Å². The highest BCUT2D eigenvalue weighted by Gasteiger charge is 2.24. The van der Waals surface area contributed by atoms with Crippen molar-refractivity contribution in [1.82, 2.24) is 5.48 Å². The topological polar surface area (TPSA) is 95.5 Å². The van der Waals surface area contributed by atoms with E-state index in [0.717, 1.165) is 12.1 Å². The Morgan fingerprint density at radius 1 is 0.893 bits per heavy atom. The number of nitrogens with one attached hydrogen (secondary N) is 2. The number of carbonyl (C=O) groups is 1. The molecule has 0 heterocycles. The standard InChI is InChI=1S/C20H17FN2O4S/c21-17-11-4-5-12-18(17)28(26,27)23-16-10-6-9-15(13-16)19(20(24)22-25)14-7-2-1-3-8-14/h1-13,19,23,25H,(H,22,24). The summed E-state index contributed by atoms with van der Waals surface area (Å²) in [7, 11) is -4.15. The molecule has 1 unspecified atom stereocenters. The van der Waals surface area contributed by atoms with Gasteiger partial charge in [0.25, 0.3) is 15.9 Å². The van der Waals surface area contributed by atoms with Crippen LogP contribution >= 0.6 is 0 Å². The number of hydrogen-bond donors (Lipinski definition) is 3. The van der Waals surface area contributed by atoms with Crippen molar-refractivity contribution in [2.75, 3.05) is 4.72 Å². The Labute approximate surface area is 161 Å². The number of hydroxylamine groups is 1. The van der Waals surface area contributed by atoms with E-state index in [1.165, 1.54) is 24.3 Å². The third-order valence-electron chi connectivity index (χ3n) is 4.10. The molecule has 0 radical (unpaired) electrons. The van der Waals surface area contributed by atoms with Crippen molar-refractivity contribution in [3.8, 4) is 0 Å². The number of rotatable bonds is 6. The molecule has 3 N–H and O–H groups in total. The summed E-state index contributed by atoms with van der Waals surface area (Å²) in [5.74, 6) is -2.39. The maximum Gasteiger partial charge on any atom is 0.264 e. The van der Waals surface area contributed by atoms with Gasteiger partial charge in [0.2, 0.25) is 0 Å². The van der Waals surface area contributed by atoms with Gasteiger partial charge < -0.3 is 0 Å². The third-order valence-corrected chi connectivity index (χ3v) is 5.52. The van der Waals surface area contributed by atoms with Crippen LogP contribution < -0.4 is 10.2 Å². The summed E-state index contributed by atoms with van der Waals surface area (Å²) in [6.07, 6.45) is 0. The molecule has 3 aromatic carbocycles. The number of hydrogen-bond acceptors (Lipinski definition) is 4. The van der Waals surface area contributed by atoms with Gasteiger partial charge in [-0.2, -0.15) is 0 Å². The Morgan fingerprint density at radius 3 is 2.21 bits per heavy atom. The lowest BCUT2D eigenvalue weighted by atomic mass is 9.90. The molecule has 0 spiro atoms. The van der Waals surface area contributed by atoms with Gasteiger partial charge in [0.15, 0.2) is 0 Å². The Hall–Kier alpha value is -3.23. The van der Waals surface area contributed by atoms with E-state index in [1.807, 2.05) is 0 Å². The zero-order valence-electron chi connectivity index (χ0n) is 14.5. The molecule has 0 aliphatic rings. The molecule has 1 amide bonds. The molecule has 1 atom stereocenters. The lowest BCUT2D eigenvalue weighted by Crippen LogP contribution is -2.27. The molecule has 0 saturated carbocycles. The molecule has 3 aromatic rings. The van der Waals surface area contributed by atoms with Gasteiger partial charge in [0, 0.05) is 5.69 Å². The zero-order valence-corrected chi connectivity index (χ0v) is 15.4. The fraction of sp³-hybridized carbons (Fsp3) is 0.0500. The Morgan fingerprint density at radius 2 is 1.54 bits per heavy atom. The van der Waals surface area contributed by atoms with Crippen molar-refractivity contribution >= 4 is 21.6 Å². The largest absolute Gasteiger partial charge is 0.289 e. The van der Waals surface area contributed by atoms with Crippen molar-refractivity contribution in [2.24, 2.45) is 0 Å². The number of carbonyl (C=O) groups excluding carboxylic acids is 1. The predicted molar refractivity (Wildman–Crippen MR) is 102 cm³/mol. The first-order valence-corrected chi connectivity index (χ1v) is 9.77. The van der Waals surface area contributed by atoms with Gasteiger partial charge in [-0.15, -0.1) is 0 Å². The van der Waals surface area contributed by atoms with Gasteiger partial charge in [-0.1, -0.05) is 54.6 Å². The Kier molecular flexibility index (Phi) is 5.72. The minimum atomic E-state index is -4.15. The molecular weight excluding hydrogens is 383 g/mol. The van der Waals surface area contributed by atoms with Crippen LogP contribution in [0.5, 0.6) is 0 Å². The van der Waals surface area contributed by atoms with Crippen LogP contribution in [-0.4, -0.2) is 19.5 Å². The first-order chi connectivity index (χ1) is 13.4. The highest BCUT2D eigenvalue weighted by Crippen LogP contribution is 2.28. The molecule has 0 aliphatic heterocycles. The molecule has 0 saturated heterocycles. The van der Waals surface area contributed by atoms with Gasteiger partial charge in [-0.25, -0.2) is 18.3 Å². The van der Waals surface area contributed by atoms with Crippen molar-refractivity contribution in [2.45, 2.75) is 10.8 Å². The smallest absolute Gasteiger partial charge is 0.264 e. The monoisotopic (exact) mass is 400 g/mol. The molecule has 8 heteroatoms. The van der Waals surface area contributed by atoms with E-state index in [2.05, 4.69) is 4.72 Å².